The summed E-state index contributed by atoms with van der Waals surface area (Å²) in [4.78, 5) is 28.3. The van der Waals surface area contributed by atoms with Gasteiger partial charge < -0.3 is 10.2 Å². The number of nitrogens with zero attached hydrogens (tertiary/aromatic N) is 2. The minimum atomic E-state index is -3.76. The van der Waals surface area contributed by atoms with E-state index >= 15 is 0 Å². The number of aryl methyl sites for hydroxylation is 2. The molecule has 0 aliphatic rings. The number of carbonyl (C=O) groups is 2. The minimum absolute atomic E-state index is 0.0364. The summed E-state index contributed by atoms with van der Waals surface area (Å²) in [5, 5.41) is 2.97. The second-order valence-electron chi connectivity index (χ2n) is 8.96. The fourth-order valence-corrected chi connectivity index (χ4v) is 4.85. The lowest BCUT2D eigenvalue weighted by atomic mass is 10.1. The summed E-state index contributed by atoms with van der Waals surface area (Å²) in [7, 11) is -3.76. The van der Waals surface area contributed by atoms with Crippen LogP contribution < -0.4 is 9.62 Å². The van der Waals surface area contributed by atoms with Gasteiger partial charge >= 0.3 is 0 Å². The first-order chi connectivity index (χ1) is 16.4. The van der Waals surface area contributed by atoms with Gasteiger partial charge in [-0.15, -0.1) is 0 Å². The van der Waals surface area contributed by atoms with Crippen molar-refractivity contribution in [2.45, 2.75) is 66.1 Å². The molecule has 35 heavy (non-hydrogen) atoms. The summed E-state index contributed by atoms with van der Waals surface area (Å²) in [5.74, 6) is -0.683. The maximum atomic E-state index is 13.7. The molecule has 0 aromatic heterocycles. The van der Waals surface area contributed by atoms with Gasteiger partial charge in [0.1, 0.15) is 12.6 Å². The number of carbonyl (C=O) groups excluding carboxylic acids is 2. The number of sulfonamides is 1. The first-order valence-corrected chi connectivity index (χ1v) is 14.4. The number of rotatable bonds is 11. The molecule has 2 aromatic carbocycles. The molecule has 0 spiro atoms. The lowest BCUT2D eigenvalue weighted by Gasteiger charge is -2.33. The molecule has 2 rings (SSSR count). The molecule has 9 heteroatoms. The van der Waals surface area contributed by atoms with Gasteiger partial charge in [0.25, 0.3) is 0 Å². The molecule has 0 heterocycles. The number of benzene rings is 2. The number of halogens is 1. The molecule has 0 saturated carbocycles. The van der Waals surface area contributed by atoms with E-state index in [1.54, 1.807) is 18.2 Å². The Labute approximate surface area is 218 Å². The van der Waals surface area contributed by atoms with Crippen LogP contribution in [0.2, 0.25) is 0 Å². The molecule has 2 atom stereocenters. The van der Waals surface area contributed by atoms with Crippen molar-refractivity contribution < 1.29 is 18.0 Å². The zero-order valence-electron chi connectivity index (χ0n) is 21.3. The van der Waals surface area contributed by atoms with Crippen molar-refractivity contribution in [1.82, 2.24) is 10.2 Å². The van der Waals surface area contributed by atoms with Crippen molar-refractivity contribution >= 4 is 43.5 Å². The van der Waals surface area contributed by atoms with Gasteiger partial charge in [0.15, 0.2) is 0 Å². The van der Waals surface area contributed by atoms with Crippen LogP contribution in [0.4, 0.5) is 5.69 Å². The van der Waals surface area contributed by atoms with Crippen molar-refractivity contribution in [2.24, 2.45) is 0 Å². The number of hydrogen-bond donors (Lipinski definition) is 1. The van der Waals surface area contributed by atoms with Gasteiger partial charge in [-0.3, -0.25) is 13.9 Å². The molecule has 0 fully saturated rings. The third kappa shape index (κ3) is 8.07. The van der Waals surface area contributed by atoms with Crippen molar-refractivity contribution in [3.63, 3.8) is 0 Å². The molecule has 2 unspecified atom stereocenters. The molecule has 192 valence electrons. The Morgan fingerprint density at radius 3 is 2.29 bits per heavy atom. The number of anilines is 1. The third-order valence-electron chi connectivity index (χ3n) is 5.93. The quantitative estimate of drug-likeness (QED) is 0.433. The van der Waals surface area contributed by atoms with Gasteiger partial charge in [-0.1, -0.05) is 59.6 Å². The predicted molar refractivity (Wildman–Crippen MR) is 145 cm³/mol. The average molecular weight is 567 g/mol. The smallest absolute Gasteiger partial charge is 0.244 e. The Bertz CT molecular complexity index is 1150. The summed E-state index contributed by atoms with van der Waals surface area (Å²) < 4.78 is 27.4. The van der Waals surface area contributed by atoms with Gasteiger partial charge in [-0.05, 0) is 62.9 Å². The van der Waals surface area contributed by atoms with Gasteiger partial charge in [0.2, 0.25) is 21.8 Å². The Morgan fingerprint density at radius 2 is 1.74 bits per heavy atom. The lowest BCUT2D eigenvalue weighted by Crippen LogP contribution is -2.53. The standard InChI is InChI=1S/C26H36BrN3O4S/c1-7-20(5)28-26(32)24(8-2)29(16-21-11-9-10-18(3)14-21)25(31)17-30(35(6,33)34)22-12-13-23(27)19(4)15-22/h9-15,20,24H,7-8,16-17H2,1-6H3,(H,28,32). The van der Waals surface area contributed by atoms with Crippen molar-refractivity contribution in [1.29, 1.82) is 0 Å². The second kappa shape index (κ2) is 12.5. The number of amides is 2. The van der Waals surface area contributed by atoms with Crippen molar-refractivity contribution in [3.8, 4) is 0 Å². The summed E-state index contributed by atoms with van der Waals surface area (Å²) >= 11 is 3.43. The van der Waals surface area contributed by atoms with E-state index in [2.05, 4.69) is 21.2 Å². The maximum Gasteiger partial charge on any atom is 0.244 e. The average Bonchev–Trinajstić information content (AvgIpc) is 2.78. The van der Waals surface area contributed by atoms with Crippen molar-refractivity contribution in [3.05, 3.63) is 63.6 Å². The lowest BCUT2D eigenvalue weighted by molar-refractivity contribution is -0.140. The van der Waals surface area contributed by atoms with E-state index in [0.29, 0.717) is 12.1 Å². The zero-order valence-corrected chi connectivity index (χ0v) is 23.7. The fourth-order valence-electron chi connectivity index (χ4n) is 3.77. The van der Waals surface area contributed by atoms with Crippen molar-refractivity contribution in [2.75, 3.05) is 17.1 Å². The summed E-state index contributed by atoms with van der Waals surface area (Å²) in [6.07, 6.45) is 2.24. The van der Waals surface area contributed by atoms with Crippen LogP contribution in [0.15, 0.2) is 46.9 Å². The van der Waals surface area contributed by atoms with Crippen LogP contribution in [0.25, 0.3) is 0 Å². The monoisotopic (exact) mass is 565 g/mol. The van der Waals surface area contributed by atoms with E-state index < -0.39 is 28.5 Å². The predicted octanol–water partition coefficient (Wildman–Crippen LogP) is 4.55. The van der Waals surface area contributed by atoms with Crippen LogP contribution in [0.5, 0.6) is 0 Å². The summed E-state index contributed by atoms with van der Waals surface area (Å²) in [6, 6.07) is 12.1. The van der Waals surface area contributed by atoms with Gasteiger partial charge in [-0.25, -0.2) is 8.42 Å². The SMILES string of the molecule is CCC(C)NC(=O)C(CC)N(Cc1cccc(C)c1)C(=O)CN(c1ccc(Br)c(C)c1)S(C)(=O)=O. The fraction of sp³-hybridized carbons (Fsp3) is 0.462. The molecule has 0 aliphatic carbocycles. The number of nitrogens with one attached hydrogen (secondary N) is 1. The summed E-state index contributed by atoms with van der Waals surface area (Å²) in [6.45, 7) is 9.35. The van der Waals surface area contributed by atoms with Crippen LogP contribution in [0.3, 0.4) is 0 Å². The molecule has 2 amide bonds. The Balaban J connectivity index is 2.46. The highest BCUT2D eigenvalue weighted by Crippen LogP contribution is 2.25. The molecule has 2 aromatic rings. The second-order valence-corrected chi connectivity index (χ2v) is 11.7. The third-order valence-corrected chi connectivity index (χ3v) is 7.96. The topological polar surface area (TPSA) is 86.8 Å². The molecular formula is C26H36BrN3O4S. The van der Waals surface area contributed by atoms with Crippen LogP contribution in [-0.2, 0) is 26.2 Å². The van der Waals surface area contributed by atoms with Crippen LogP contribution in [0.1, 0.15) is 50.3 Å². The summed E-state index contributed by atoms with van der Waals surface area (Å²) in [5.41, 5.74) is 3.15. The Kier molecular flexibility index (Phi) is 10.3. The maximum absolute atomic E-state index is 13.7. The highest BCUT2D eigenvalue weighted by atomic mass is 79.9. The number of hydrogen-bond acceptors (Lipinski definition) is 4. The molecule has 0 radical (unpaired) electrons. The zero-order chi connectivity index (χ0) is 26.3. The highest BCUT2D eigenvalue weighted by molar-refractivity contribution is 9.10. The first-order valence-electron chi connectivity index (χ1n) is 11.8. The molecule has 1 N–H and O–H groups in total. The van der Waals surface area contributed by atoms with Gasteiger partial charge in [-0.2, -0.15) is 0 Å². The molecular weight excluding hydrogens is 530 g/mol. The van der Waals surface area contributed by atoms with E-state index in [1.165, 1.54) is 4.90 Å². The Hall–Kier alpha value is -2.39. The molecule has 0 aliphatic heterocycles. The first kappa shape index (κ1) is 28.8. The minimum Gasteiger partial charge on any atom is -0.352 e. The highest BCUT2D eigenvalue weighted by Gasteiger charge is 2.32. The van der Waals surface area contributed by atoms with Crippen LogP contribution in [0, 0.1) is 13.8 Å². The molecule has 0 saturated heterocycles. The van der Waals surface area contributed by atoms with E-state index in [9.17, 15) is 18.0 Å². The molecule has 7 nitrogen and oxygen atoms in total. The van der Waals surface area contributed by atoms with Crippen LogP contribution in [-0.4, -0.2) is 50.0 Å². The van der Waals surface area contributed by atoms with E-state index in [0.717, 1.165) is 38.1 Å². The van der Waals surface area contributed by atoms with Crippen LogP contribution >= 0.6 is 15.9 Å². The van der Waals surface area contributed by atoms with E-state index in [1.807, 2.05) is 58.9 Å². The van der Waals surface area contributed by atoms with E-state index in [4.69, 9.17) is 0 Å². The molecule has 0 bridgehead atoms. The van der Waals surface area contributed by atoms with Gasteiger partial charge in [0, 0.05) is 17.1 Å². The van der Waals surface area contributed by atoms with E-state index in [-0.39, 0.29) is 18.5 Å². The Morgan fingerprint density at radius 1 is 1.06 bits per heavy atom. The normalized spacial score (nSPS) is 13.1. The largest absolute Gasteiger partial charge is 0.352 e. The van der Waals surface area contributed by atoms with Gasteiger partial charge in [0.05, 0.1) is 11.9 Å².